The minimum absolute atomic E-state index is 0.114. The molecule has 0 radical (unpaired) electrons. The molecule has 0 saturated heterocycles. The lowest BCUT2D eigenvalue weighted by Crippen LogP contribution is -2.47. The second kappa shape index (κ2) is 13.8. The Balaban J connectivity index is 1.59. The molecule has 0 bridgehead atoms. The molecule has 0 aromatic rings. The summed E-state index contributed by atoms with van der Waals surface area (Å²) in [5, 5.41) is 10.0. The number of carbonyl (C=O) groups excluding carboxylic acids is 1. The largest absolute Gasteiger partial charge is 0.378 e. The van der Waals surface area contributed by atoms with Crippen molar-refractivity contribution >= 4 is 11.9 Å². The van der Waals surface area contributed by atoms with Crippen molar-refractivity contribution in [2.24, 2.45) is 10.9 Å². The van der Waals surface area contributed by atoms with E-state index in [9.17, 15) is 4.79 Å². The van der Waals surface area contributed by atoms with Gasteiger partial charge in [-0.3, -0.25) is 9.79 Å². The predicted molar refractivity (Wildman–Crippen MR) is 120 cm³/mol. The SMILES string of the molecule is CN=C(NCCCCOC1CCCCCC1)NC1CCCC(C(=O)NC(C)C)C1. The van der Waals surface area contributed by atoms with Crippen molar-refractivity contribution in [1.29, 1.82) is 0 Å². The van der Waals surface area contributed by atoms with Gasteiger partial charge in [-0.25, -0.2) is 0 Å². The quantitative estimate of drug-likeness (QED) is 0.235. The van der Waals surface area contributed by atoms with Crippen LogP contribution in [0.15, 0.2) is 4.99 Å². The molecule has 2 aliphatic carbocycles. The smallest absolute Gasteiger partial charge is 0.223 e. The van der Waals surface area contributed by atoms with Crippen molar-refractivity contribution in [2.75, 3.05) is 20.2 Å². The predicted octanol–water partition coefficient (Wildman–Crippen LogP) is 3.75. The summed E-state index contributed by atoms with van der Waals surface area (Å²) in [6.45, 7) is 5.80. The number of guanidine groups is 1. The monoisotopic (exact) mass is 408 g/mol. The molecule has 0 spiro atoms. The van der Waals surface area contributed by atoms with Gasteiger partial charge in [-0.1, -0.05) is 32.1 Å². The zero-order valence-electron chi connectivity index (χ0n) is 19.0. The summed E-state index contributed by atoms with van der Waals surface area (Å²) in [4.78, 5) is 16.7. The molecule has 2 unspecified atom stereocenters. The molecule has 168 valence electrons. The molecule has 3 N–H and O–H groups in total. The third-order valence-electron chi connectivity index (χ3n) is 6.06. The number of aliphatic imine (C=N–C) groups is 1. The first-order valence-electron chi connectivity index (χ1n) is 12.0. The number of ether oxygens (including phenoxy) is 1. The van der Waals surface area contributed by atoms with Gasteiger partial charge in [-0.15, -0.1) is 0 Å². The second-order valence-corrected chi connectivity index (χ2v) is 9.06. The molecule has 0 heterocycles. The van der Waals surface area contributed by atoms with Crippen LogP contribution in [-0.4, -0.2) is 50.3 Å². The van der Waals surface area contributed by atoms with Gasteiger partial charge in [0.15, 0.2) is 5.96 Å². The zero-order valence-corrected chi connectivity index (χ0v) is 19.0. The first kappa shape index (κ1) is 24.0. The Morgan fingerprint density at radius 3 is 2.48 bits per heavy atom. The highest BCUT2D eigenvalue weighted by Crippen LogP contribution is 2.24. The molecule has 29 heavy (non-hydrogen) atoms. The van der Waals surface area contributed by atoms with Crippen LogP contribution in [-0.2, 0) is 9.53 Å². The number of hydrogen-bond donors (Lipinski definition) is 3. The van der Waals surface area contributed by atoms with E-state index in [1.807, 2.05) is 20.9 Å². The molecule has 0 aromatic carbocycles. The summed E-state index contributed by atoms with van der Waals surface area (Å²) >= 11 is 0. The van der Waals surface area contributed by atoms with E-state index in [-0.39, 0.29) is 17.9 Å². The Labute approximate surface area is 178 Å². The number of carbonyl (C=O) groups is 1. The van der Waals surface area contributed by atoms with Crippen LogP contribution in [0.25, 0.3) is 0 Å². The molecule has 2 saturated carbocycles. The van der Waals surface area contributed by atoms with Crippen LogP contribution in [0.3, 0.4) is 0 Å². The van der Waals surface area contributed by atoms with Gasteiger partial charge in [0.1, 0.15) is 0 Å². The number of hydrogen-bond acceptors (Lipinski definition) is 3. The fourth-order valence-corrected chi connectivity index (χ4v) is 4.44. The molecule has 2 rings (SSSR count). The topological polar surface area (TPSA) is 74.8 Å². The molecule has 0 aromatic heterocycles. The highest BCUT2D eigenvalue weighted by atomic mass is 16.5. The Hall–Kier alpha value is -1.30. The first-order chi connectivity index (χ1) is 14.1. The van der Waals surface area contributed by atoms with Gasteiger partial charge in [0, 0.05) is 38.2 Å². The van der Waals surface area contributed by atoms with Gasteiger partial charge in [0.2, 0.25) is 5.91 Å². The van der Waals surface area contributed by atoms with E-state index in [0.29, 0.717) is 12.1 Å². The van der Waals surface area contributed by atoms with Crippen LogP contribution in [0.2, 0.25) is 0 Å². The Morgan fingerprint density at radius 2 is 1.79 bits per heavy atom. The van der Waals surface area contributed by atoms with Crippen LogP contribution in [0.5, 0.6) is 0 Å². The van der Waals surface area contributed by atoms with E-state index < -0.39 is 0 Å². The molecule has 2 aliphatic rings. The number of amides is 1. The first-order valence-corrected chi connectivity index (χ1v) is 12.0. The highest BCUT2D eigenvalue weighted by Gasteiger charge is 2.27. The summed E-state index contributed by atoms with van der Waals surface area (Å²) in [6, 6.07) is 0.522. The fourth-order valence-electron chi connectivity index (χ4n) is 4.44. The third-order valence-corrected chi connectivity index (χ3v) is 6.06. The fraction of sp³-hybridized carbons (Fsp3) is 0.913. The summed E-state index contributed by atoms with van der Waals surface area (Å²) in [6.07, 6.45) is 14.6. The van der Waals surface area contributed by atoms with E-state index in [2.05, 4.69) is 20.9 Å². The van der Waals surface area contributed by atoms with Crippen LogP contribution in [0.1, 0.15) is 90.9 Å². The maximum absolute atomic E-state index is 12.3. The molecule has 0 aliphatic heterocycles. The van der Waals surface area contributed by atoms with Crippen molar-refractivity contribution in [3.63, 3.8) is 0 Å². The van der Waals surface area contributed by atoms with Crippen molar-refractivity contribution in [1.82, 2.24) is 16.0 Å². The Kier molecular flexibility index (Phi) is 11.4. The molecule has 1 amide bonds. The molecular formula is C23H44N4O2. The second-order valence-electron chi connectivity index (χ2n) is 9.06. The van der Waals surface area contributed by atoms with Crippen LogP contribution >= 0.6 is 0 Å². The average Bonchev–Trinajstić information content (AvgIpc) is 2.98. The molecular weight excluding hydrogens is 364 g/mol. The van der Waals surface area contributed by atoms with Crippen molar-refractivity contribution in [2.45, 2.75) is 109 Å². The normalized spacial score (nSPS) is 24.2. The van der Waals surface area contributed by atoms with Gasteiger partial charge in [0.05, 0.1) is 6.10 Å². The van der Waals surface area contributed by atoms with Crippen molar-refractivity contribution in [3.05, 3.63) is 0 Å². The number of nitrogens with zero attached hydrogens (tertiary/aromatic N) is 1. The van der Waals surface area contributed by atoms with Gasteiger partial charge in [0.25, 0.3) is 0 Å². The standard InChI is InChI=1S/C23H44N4O2/c1-18(2)26-22(28)19-11-10-12-20(17-19)27-23(24-3)25-15-8-9-16-29-21-13-6-4-5-7-14-21/h18-21H,4-17H2,1-3H3,(H,26,28)(H2,24,25,27). The van der Waals surface area contributed by atoms with Crippen LogP contribution < -0.4 is 16.0 Å². The van der Waals surface area contributed by atoms with E-state index in [1.54, 1.807) is 0 Å². The van der Waals surface area contributed by atoms with E-state index in [0.717, 1.165) is 57.6 Å². The lowest BCUT2D eigenvalue weighted by Gasteiger charge is -2.30. The molecule has 2 fully saturated rings. The number of unbranched alkanes of at least 4 members (excludes halogenated alkanes) is 1. The summed E-state index contributed by atoms with van der Waals surface area (Å²) in [5.41, 5.74) is 0. The Bertz CT molecular complexity index is 487. The highest BCUT2D eigenvalue weighted by molar-refractivity contribution is 5.81. The van der Waals surface area contributed by atoms with E-state index >= 15 is 0 Å². The maximum Gasteiger partial charge on any atom is 0.223 e. The van der Waals surface area contributed by atoms with Gasteiger partial charge < -0.3 is 20.7 Å². The minimum Gasteiger partial charge on any atom is -0.378 e. The lowest BCUT2D eigenvalue weighted by molar-refractivity contribution is -0.126. The van der Waals surface area contributed by atoms with Crippen molar-refractivity contribution in [3.8, 4) is 0 Å². The summed E-state index contributed by atoms with van der Waals surface area (Å²) < 4.78 is 6.07. The van der Waals surface area contributed by atoms with Crippen LogP contribution in [0, 0.1) is 5.92 Å². The van der Waals surface area contributed by atoms with Gasteiger partial charge >= 0.3 is 0 Å². The zero-order chi connectivity index (χ0) is 20.9. The summed E-state index contributed by atoms with van der Waals surface area (Å²) in [5.74, 6) is 1.16. The average molecular weight is 409 g/mol. The Morgan fingerprint density at radius 1 is 1.03 bits per heavy atom. The third kappa shape index (κ3) is 9.83. The molecule has 6 nitrogen and oxygen atoms in total. The summed E-state index contributed by atoms with van der Waals surface area (Å²) in [7, 11) is 1.82. The van der Waals surface area contributed by atoms with Gasteiger partial charge in [-0.2, -0.15) is 0 Å². The molecule has 6 heteroatoms. The number of nitrogens with one attached hydrogen (secondary N) is 3. The molecule has 2 atom stereocenters. The lowest BCUT2D eigenvalue weighted by atomic mass is 9.85. The van der Waals surface area contributed by atoms with E-state index in [4.69, 9.17) is 4.74 Å². The van der Waals surface area contributed by atoms with Crippen LogP contribution in [0.4, 0.5) is 0 Å². The van der Waals surface area contributed by atoms with Crippen molar-refractivity contribution < 1.29 is 9.53 Å². The minimum atomic E-state index is 0.114. The maximum atomic E-state index is 12.3. The number of rotatable bonds is 9. The van der Waals surface area contributed by atoms with E-state index in [1.165, 1.54) is 38.5 Å². The van der Waals surface area contributed by atoms with Gasteiger partial charge in [-0.05, 0) is 58.8 Å².